The Morgan fingerprint density at radius 2 is 0.630 bits per heavy atom. The molecule has 0 heterocycles. The van der Waals surface area contributed by atoms with Gasteiger partial charge in [-0.1, -0.05) is 105 Å². The minimum absolute atomic E-state index is 1.09. The highest BCUT2D eigenvalue weighted by atomic mass is 79.9. The number of hydrogen-bond acceptors (Lipinski definition) is 2. The summed E-state index contributed by atoms with van der Waals surface area (Å²) in [6.07, 6.45) is 4.38. The monoisotopic (exact) mass is 826 g/mol. The van der Waals surface area contributed by atoms with Crippen LogP contribution in [-0.4, -0.2) is 0 Å². The van der Waals surface area contributed by atoms with Crippen LogP contribution in [0.4, 0.5) is 34.1 Å². The molecular weight excluding hydrogens is 788 g/mol. The molecule has 0 bridgehead atoms. The summed E-state index contributed by atoms with van der Waals surface area (Å²) in [5.74, 6) is 0. The molecule has 4 heteroatoms. The van der Waals surface area contributed by atoms with Crippen LogP contribution in [0.3, 0.4) is 0 Å². The van der Waals surface area contributed by atoms with Crippen LogP contribution in [0.25, 0.3) is 33.7 Å². The Labute approximate surface area is 335 Å². The van der Waals surface area contributed by atoms with E-state index in [9.17, 15) is 0 Å². The smallest absolute Gasteiger partial charge is 0.0468 e. The first kappa shape index (κ1) is 35.6. The van der Waals surface area contributed by atoms with Crippen LogP contribution in [0.5, 0.6) is 0 Å². The first-order chi connectivity index (χ1) is 26.1. The third-order valence-corrected chi connectivity index (χ3v) is 10.8. The van der Waals surface area contributed by atoms with Gasteiger partial charge in [0.15, 0.2) is 0 Å². The van der Waals surface area contributed by atoms with Crippen molar-refractivity contribution in [2.24, 2.45) is 0 Å². The lowest BCUT2D eigenvalue weighted by atomic mass is 10.1. The molecule has 8 aromatic carbocycles. The molecule has 8 aromatic rings. The number of anilines is 6. The molecule has 0 saturated heterocycles. The van der Waals surface area contributed by atoms with E-state index < -0.39 is 0 Å². The molecule has 0 radical (unpaired) electrons. The second kappa shape index (κ2) is 15.1. The number of rotatable bonds is 8. The van der Waals surface area contributed by atoms with Crippen LogP contribution < -0.4 is 9.80 Å². The third-order valence-electron chi connectivity index (χ3n) is 9.79. The standard InChI is InChI=1S/C50H40Br2N2/c1-33-23-34(2)26-49(25-33)53(47-21-13-39-29-43(51)15-11-41(39)31-47)45-17-7-37(8-18-45)5-6-38-9-19-46(20-10-38)54(50-27-35(3)24-36(4)28-50)48-22-14-40-30-44(52)16-12-42(40)32-48/h5-32H,1-4H3/b6-5+. The lowest BCUT2D eigenvalue weighted by molar-refractivity contribution is 1.26. The van der Waals surface area contributed by atoms with Gasteiger partial charge >= 0.3 is 0 Å². The fourth-order valence-electron chi connectivity index (χ4n) is 7.40. The maximum absolute atomic E-state index is 3.62. The van der Waals surface area contributed by atoms with Crippen molar-refractivity contribution in [2.75, 3.05) is 9.80 Å². The fourth-order valence-corrected chi connectivity index (χ4v) is 8.16. The topological polar surface area (TPSA) is 6.48 Å². The summed E-state index contributed by atoms with van der Waals surface area (Å²) in [5, 5.41) is 4.83. The molecule has 0 aliphatic heterocycles. The van der Waals surface area contributed by atoms with Crippen LogP contribution in [0, 0.1) is 27.7 Å². The number of halogens is 2. The lowest BCUT2D eigenvalue weighted by Crippen LogP contribution is -2.10. The van der Waals surface area contributed by atoms with E-state index in [0.29, 0.717) is 0 Å². The van der Waals surface area contributed by atoms with Crippen molar-refractivity contribution in [3.63, 3.8) is 0 Å². The second-order valence-electron chi connectivity index (χ2n) is 14.2. The molecule has 54 heavy (non-hydrogen) atoms. The van der Waals surface area contributed by atoms with Gasteiger partial charge in [0.25, 0.3) is 0 Å². The van der Waals surface area contributed by atoms with Crippen LogP contribution >= 0.6 is 31.9 Å². The van der Waals surface area contributed by atoms with Gasteiger partial charge in [0.05, 0.1) is 0 Å². The second-order valence-corrected chi connectivity index (χ2v) is 16.1. The SMILES string of the molecule is Cc1cc(C)cc(N(c2ccc(/C=C/c3ccc(N(c4cc(C)cc(C)c4)c4ccc5cc(Br)ccc5c4)cc3)cc2)c2ccc3cc(Br)ccc3c2)c1. The Bertz CT molecular complexity index is 2450. The van der Waals surface area contributed by atoms with E-state index in [2.05, 4.69) is 239 Å². The minimum Gasteiger partial charge on any atom is -0.310 e. The van der Waals surface area contributed by atoms with Crippen LogP contribution in [0.15, 0.2) is 167 Å². The summed E-state index contributed by atoms with van der Waals surface area (Å²) in [6, 6.07) is 57.5. The Kier molecular flexibility index (Phi) is 9.98. The summed E-state index contributed by atoms with van der Waals surface area (Å²) < 4.78 is 2.17. The zero-order chi connectivity index (χ0) is 37.3. The van der Waals surface area contributed by atoms with E-state index in [1.165, 1.54) is 43.8 Å². The van der Waals surface area contributed by atoms with Crippen molar-refractivity contribution >= 4 is 99.7 Å². The summed E-state index contributed by atoms with van der Waals surface area (Å²) in [7, 11) is 0. The van der Waals surface area contributed by atoms with Crippen molar-refractivity contribution in [3.8, 4) is 0 Å². The highest BCUT2D eigenvalue weighted by molar-refractivity contribution is 9.10. The normalized spacial score (nSPS) is 11.4. The molecule has 8 rings (SSSR count). The summed E-state index contributed by atoms with van der Waals surface area (Å²) in [6.45, 7) is 8.65. The Balaban J connectivity index is 1.08. The lowest BCUT2D eigenvalue weighted by Gasteiger charge is -2.27. The summed E-state index contributed by atoms with van der Waals surface area (Å²) in [5.41, 5.74) is 14.1. The average Bonchev–Trinajstić information content (AvgIpc) is 3.14. The van der Waals surface area contributed by atoms with Gasteiger partial charge in [0.1, 0.15) is 0 Å². The van der Waals surface area contributed by atoms with Crippen molar-refractivity contribution < 1.29 is 0 Å². The van der Waals surface area contributed by atoms with Gasteiger partial charge in [-0.25, -0.2) is 0 Å². The van der Waals surface area contributed by atoms with Crippen molar-refractivity contribution in [1.29, 1.82) is 0 Å². The van der Waals surface area contributed by atoms with E-state index in [4.69, 9.17) is 0 Å². The number of hydrogen-bond donors (Lipinski definition) is 0. The molecule has 0 aliphatic carbocycles. The molecule has 0 atom stereocenters. The van der Waals surface area contributed by atoms with Crippen molar-refractivity contribution in [1.82, 2.24) is 0 Å². The number of nitrogens with zero attached hydrogens (tertiary/aromatic N) is 2. The molecule has 0 fully saturated rings. The molecule has 2 nitrogen and oxygen atoms in total. The largest absolute Gasteiger partial charge is 0.310 e. The maximum Gasteiger partial charge on any atom is 0.0468 e. The van der Waals surface area contributed by atoms with E-state index in [-0.39, 0.29) is 0 Å². The number of benzene rings is 8. The number of fused-ring (bicyclic) bond motifs is 2. The quantitative estimate of drug-likeness (QED) is 0.141. The van der Waals surface area contributed by atoms with Crippen LogP contribution in [-0.2, 0) is 0 Å². The first-order valence-corrected chi connectivity index (χ1v) is 19.8. The minimum atomic E-state index is 1.09. The Morgan fingerprint density at radius 1 is 0.315 bits per heavy atom. The zero-order valence-corrected chi connectivity index (χ0v) is 34.0. The van der Waals surface area contributed by atoms with E-state index in [1.54, 1.807) is 0 Å². The molecule has 0 aliphatic rings. The van der Waals surface area contributed by atoms with E-state index in [1.807, 2.05) is 0 Å². The molecule has 0 aromatic heterocycles. The van der Waals surface area contributed by atoms with Gasteiger partial charge in [-0.05, 0) is 180 Å². The highest BCUT2D eigenvalue weighted by Crippen LogP contribution is 2.39. The predicted molar refractivity (Wildman–Crippen MR) is 241 cm³/mol. The average molecular weight is 829 g/mol. The Hall–Kier alpha value is -5.42. The van der Waals surface area contributed by atoms with Crippen molar-refractivity contribution in [2.45, 2.75) is 27.7 Å². The van der Waals surface area contributed by atoms with E-state index >= 15 is 0 Å². The van der Waals surface area contributed by atoms with Crippen molar-refractivity contribution in [3.05, 3.63) is 200 Å². The number of aryl methyl sites for hydroxylation is 4. The molecule has 0 N–H and O–H groups in total. The van der Waals surface area contributed by atoms with Crippen LogP contribution in [0.1, 0.15) is 33.4 Å². The predicted octanol–water partition coefficient (Wildman–Crippen LogP) is 15.9. The van der Waals surface area contributed by atoms with Gasteiger partial charge < -0.3 is 9.80 Å². The van der Waals surface area contributed by atoms with Gasteiger partial charge in [-0.2, -0.15) is 0 Å². The summed E-state index contributed by atoms with van der Waals surface area (Å²) in [4.78, 5) is 4.70. The van der Waals surface area contributed by atoms with Gasteiger partial charge in [0.2, 0.25) is 0 Å². The first-order valence-electron chi connectivity index (χ1n) is 18.2. The Morgan fingerprint density at radius 3 is 1.00 bits per heavy atom. The molecule has 0 unspecified atom stereocenters. The van der Waals surface area contributed by atoms with Crippen LogP contribution in [0.2, 0.25) is 0 Å². The van der Waals surface area contributed by atoms with Gasteiger partial charge in [-0.3, -0.25) is 0 Å². The molecule has 264 valence electrons. The van der Waals surface area contributed by atoms with Gasteiger partial charge in [0, 0.05) is 43.1 Å². The molecule has 0 amide bonds. The molecule has 0 saturated carbocycles. The molecule has 0 spiro atoms. The fraction of sp³-hybridized carbons (Fsp3) is 0.0800. The van der Waals surface area contributed by atoms with Gasteiger partial charge in [-0.15, -0.1) is 0 Å². The summed E-state index contributed by atoms with van der Waals surface area (Å²) >= 11 is 7.25. The maximum atomic E-state index is 3.62. The zero-order valence-electron chi connectivity index (χ0n) is 30.8. The highest BCUT2D eigenvalue weighted by Gasteiger charge is 2.16. The third kappa shape index (κ3) is 7.77. The molecular formula is C50H40Br2N2. The van der Waals surface area contributed by atoms with E-state index in [0.717, 1.165) is 54.2 Å².